The van der Waals surface area contributed by atoms with Gasteiger partial charge in [0.25, 0.3) is 0 Å². The molecule has 1 aliphatic carbocycles. The van der Waals surface area contributed by atoms with E-state index in [0.717, 1.165) is 17.9 Å². The second-order valence-corrected chi connectivity index (χ2v) is 6.65. The lowest BCUT2D eigenvalue weighted by molar-refractivity contribution is 0.107. The van der Waals surface area contributed by atoms with Crippen LogP contribution in [0.4, 0.5) is 4.39 Å². The van der Waals surface area contributed by atoms with Gasteiger partial charge in [0, 0.05) is 18.1 Å². The van der Waals surface area contributed by atoms with Gasteiger partial charge in [-0.05, 0) is 62.8 Å². The van der Waals surface area contributed by atoms with Gasteiger partial charge in [-0.3, -0.25) is 4.90 Å². The number of halogens is 1. The molecule has 0 saturated heterocycles. The molecule has 0 aromatic heterocycles. The van der Waals surface area contributed by atoms with Crippen LogP contribution in [-0.2, 0) is 0 Å². The van der Waals surface area contributed by atoms with E-state index < -0.39 is 0 Å². The molecule has 0 aliphatic heterocycles. The molecule has 118 valence electrons. The highest BCUT2D eigenvalue weighted by Crippen LogP contribution is 2.33. The van der Waals surface area contributed by atoms with Gasteiger partial charge >= 0.3 is 0 Å². The van der Waals surface area contributed by atoms with Crippen molar-refractivity contribution in [2.45, 2.75) is 64.1 Å². The lowest BCUT2D eigenvalue weighted by atomic mass is 9.85. The molecule has 0 heterocycles. The number of nitrogens with zero attached hydrogens (tertiary/aromatic N) is 1. The maximum Gasteiger partial charge on any atom is 0.123 e. The van der Waals surface area contributed by atoms with Crippen molar-refractivity contribution in [3.05, 3.63) is 35.6 Å². The van der Waals surface area contributed by atoms with Crippen molar-refractivity contribution in [2.75, 3.05) is 7.05 Å². The fourth-order valence-corrected chi connectivity index (χ4v) is 3.54. The second kappa shape index (κ2) is 7.37. The zero-order valence-corrected chi connectivity index (χ0v) is 13.6. The molecule has 0 amide bonds. The van der Waals surface area contributed by atoms with Gasteiger partial charge in [0.1, 0.15) is 5.82 Å². The molecule has 1 aromatic rings. The van der Waals surface area contributed by atoms with Gasteiger partial charge in [0.2, 0.25) is 0 Å². The maximum atomic E-state index is 13.2. The number of rotatable bonds is 5. The van der Waals surface area contributed by atoms with Crippen molar-refractivity contribution >= 4 is 0 Å². The van der Waals surface area contributed by atoms with E-state index in [1.165, 1.54) is 25.7 Å². The first-order valence-corrected chi connectivity index (χ1v) is 8.26. The van der Waals surface area contributed by atoms with Crippen molar-refractivity contribution in [1.29, 1.82) is 0 Å². The van der Waals surface area contributed by atoms with E-state index in [1.807, 2.05) is 12.1 Å². The molecule has 2 nitrogen and oxygen atoms in total. The summed E-state index contributed by atoms with van der Waals surface area (Å²) in [6, 6.07) is 7.71. The first kappa shape index (κ1) is 16.4. The quantitative estimate of drug-likeness (QED) is 0.884. The fraction of sp³-hybridized carbons (Fsp3) is 0.667. The summed E-state index contributed by atoms with van der Waals surface area (Å²) in [5.74, 6) is 0.662. The highest BCUT2D eigenvalue weighted by atomic mass is 19.1. The van der Waals surface area contributed by atoms with Gasteiger partial charge in [0.05, 0.1) is 0 Å². The fourth-order valence-electron chi connectivity index (χ4n) is 3.54. The predicted molar refractivity (Wildman–Crippen MR) is 86.6 cm³/mol. The number of nitrogens with two attached hydrogens (primary N) is 1. The summed E-state index contributed by atoms with van der Waals surface area (Å²) in [5.41, 5.74) is 7.52. The highest BCUT2D eigenvalue weighted by molar-refractivity contribution is 5.22. The van der Waals surface area contributed by atoms with Crippen LogP contribution in [0.25, 0.3) is 0 Å². The topological polar surface area (TPSA) is 29.3 Å². The van der Waals surface area contributed by atoms with Crippen molar-refractivity contribution in [3.8, 4) is 0 Å². The van der Waals surface area contributed by atoms with Crippen molar-refractivity contribution < 1.29 is 4.39 Å². The molecule has 1 saturated carbocycles. The summed E-state index contributed by atoms with van der Waals surface area (Å²) >= 11 is 0. The third kappa shape index (κ3) is 4.04. The summed E-state index contributed by atoms with van der Waals surface area (Å²) < 4.78 is 13.2. The summed E-state index contributed by atoms with van der Waals surface area (Å²) in [4.78, 5) is 2.44. The van der Waals surface area contributed by atoms with Gasteiger partial charge < -0.3 is 5.73 Å². The van der Waals surface area contributed by atoms with Crippen LogP contribution in [0.5, 0.6) is 0 Å². The molecule has 2 rings (SSSR count). The third-order valence-electron chi connectivity index (χ3n) is 5.09. The Morgan fingerprint density at radius 1 is 1.19 bits per heavy atom. The van der Waals surface area contributed by atoms with Crippen LogP contribution in [0.3, 0.4) is 0 Å². The minimum Gasteiger partial charge on any atom is -0.326 e. The number of hydrogen-bond acceptors (Lipinski definition) is 2. The molecule has 0 radical (unpaired) electrons. The highest BCUT2D eigenvalue weighted by Gasteiger charge is 2.30. The van der Waals surface area contributed by atoms with Crippen LogP contribution in [0.2, 0.25) is 0 Å². The van der Waals surface area contributed by atoms with Crippen LogP contribution in [-0.4, -0.2) is 24.0 Å². The van der Waals surface area contributed by atoms with Crippen molar-refractivity contribution in [2.24, 2.45) is 11.7 Å². The summed E-state index contributed by atoms with van der Waals surface area (Å²) in [6.07, 6.45) is 6.01. The summed E-state index contributed by atoms with van der Waals surface area (Å²) in [6.45, 7) is 4.46. The Bertz CT molecular complexity index is 423. The van der Waals surface area contributed by atoms with E-state index in [0.29, 0.717) is 6.04 Å². The molecular weight excluding hydrogens is 263 g/mol. The van der Waals surface area contributed by atoms with Gasteiger partial charge in [-0.1, -0.05) is 26.0 Å². The molecule has 2 unspecified atom stereocenters. The van der Waals surface area contributed by atoms with E-state index in [1.54, 1.807) is 12.1 Å². The minimum atomic E-state index is -0.184. The first-order valence-electron chi connectivity index (χ1n) is 8.26. The van der Waals surface area contributed by atoms with E-state index in [9.17, 15) is 4.39 Å². The Kier molecular flexibility index (Phi) is 5.77. The molecule has 3 heteroatoms. The SMILES string of the molecule is CCC(N)C(c1ccc(F)cc1)N(C)C1CCC(C)CC1. The molecule has 1 aromatic carbocycles. The van der Waals surface area contributed by atoms with Crippen LogP contribution in [0, 0.1) is 11.7 Å². The third-order valence-corrected chi connectivity index (χ3v) is 5.09. The average molecular weight is 292 g/mol. The van der Waals surface area contributed by atoms with Crippen molar-refractivity contribution in [1.82, 2.24) is 4.90 Å². The van der Waals surface area contributed by atoms with E-state index in [-0.39, 0.29) is 17.9 Å². The predicted octanol–water partition coefficient (Wildman–Crippen LogP) is 4.11. The van der Waals surface area contributed by atoms with Crippen LogP contribution < -0.4 is 5.73 Å². The molecule has 1 fully saturated rings. The summed E-state index contributed by atoms with van der Waals surface area (Å²) in [7, 11) is 2.18. The van der Waals surface area contributed by atoms with Crippen LogP contribution in [0.15, 0.2) is 24.3 Å². The standard InChI is InChI=1S/C18H29FN2/c1-4-17(20)18(14-7-9-15(19)10-8-14)21(3)16-11-5-13(2)6-12-16/h7-10,13,16-18H,4-6,11-12,20H2,1-3H3. The number of hydrogen-bond donors (Lipinski definition) is 1. The molecule has 21 heavy (non-hydrogen) atoms. The zero-order valence-electron chi connectivity index (χ0n) is 13.6. The number of benzene rings is 1. The molecule has 0 spiro atoms. The van der Waals surface area contributed by atoms with E-state index >= 15 is 0 Å². The molecule has 1 aliphatic rings. The maximum absolute atomic E-state index is 13.2. The monoisotopic (exact) mass is 292 g/mol. The van der Waals surface area contributed by atoms with E-state index in [4.69, 9.17) is 5.73 Å². The Morgan fingerprint density at radius 3 is 2.29 bits per heavy atom. The average Bonchev–Trinajstić information content (AvgIpc) is 2.49. The lowest BCUT2D eigenvalue weighted by Gasteiger charge is -2.41. The lowest BCUT2D eigenvalue weighted by Crippen LogP contribution is -2.45. The first-order chi connectivity index (χ1) is 10.0. The Morgan fingerprint density at radius 2 is 1.76 bits per heavy atom. The Balaban J connectivity index is 2.17. The summed E-state index contributed by atoms with van der Waals surface area (Å²) in [5, 5.41) is 0. The Hall–Kier alpha value is -0.930. The van der Waals surface area contributed by atoms with Gasteiger partial charge in [-0.25, -0.2) is 4.39 Å². The van der Waals surface area contributed by atoms with Crippen LogP contribution in [0.1, 0.15) is 57.6 Å². The molecule has 2 N–H and O–H groups in total. The van der Waals surface area contributed by atoms with Gasteiger partial charge in [-0.2, -0.15) is 0 Å². The van der Waals surface area contributed by atoms with Crippen LogP contribution >= 0.6 is 0 Å². The minimum absolute atomic E-state index is 0.0832. The van der Waals surface area contributed by atoms with Gasteiger partial charge in [0.15, 0.2) is 0 Å². The number of likely N-dealkylation sites (N-methyl/N-ethyl adjacent to an activating group) is 1. The Labute approximate surface area is 128 Å². The largest absolute Gasteiger partial charge is 0.326 e. The van der Waals surface area contributed by atoms with E-state index in [2.05, 4.69) is 25.8 Å². The molecule has 0 bridgehead atoms. The molecular formula is C18H29FN2. The normalized spacial score (nSPS) is 25.8. The smallest absolute Gasteiger partial charge is 0.123 e. The van der Waals surface area contributed by atoms with Crippen molar-refractivity contribution in [3.63, 3.8) is 0 Å². The zero-order chi connectivity index (χ0) is 15.4. The molecule has 2 atom stereocenters. The van der Waals surface area contributed by atoms with Gasteiger partial charge in [-0.15, -0.1) is 0 Å². The second-order valence-electron chi connectivity index (χ2n) is 6.65.